The summed E-state index contributed by atoms with van der Waals surface area (Å²) in [6.07, 6.45) is 2.07. The molecule has 0 spiro atoms. The van der Waals surface area contributed by atoms with E-state index in [1.54, 1.807) is 0 Å². The molecule has 1 N–H and O–H groups in total. The number of nitrogens with zero attached hydrogens (tertiary/aromatic N) is 2. The Morgan fingerprint density at radius 1 is 1.35 bits per heavy atom. The lowest BCUT2D eigenvalue weighted by molar-refractivity contribution is 0.114. The molecule has 2 aromatic rings. The molecule has 20 heavy (non-hydrogen) atoms. The molecule has 0 saturated carbocycles. The van der Waals surface area contributed by atoms with E-state index in [1.807, 2.05) is 6.07 Å². The molecule has 106 valence electrons. The van der Waals surface area contributed by atoms with E-state index >= 15 is 0 Å². The number of ether oxygens (including phenoxy) is 1. The highest BCUT2D eigenvalue weighted by Gasteiger charge is 2.13. The second kappa shape index (κ2) is 6.15. The third kappa shape index (κ3) is 2.89. The van der Waals surface area contributed by atoms with Gasteiger partial charge in [0, 0.05) is 18.7 Å². The van der Waals surface area contributed by atoms with Crippen LogP contribution in [0.15, 0.2) is 22.7 Å². The van der Waals surface area contributed by atoms with Crippen LogP contribution in [0.2, 0.25) is 0 Å². The number of fused-ring (bicyclic) bond motifs is 1. The molecule has 1 aliphatic rings. The summed E-state index contributed by atoms with van der Waals surface area (Å²) in [7, 11) is 0. The predicted molar refractivity (Wildman–Crippen MR) is 75.1 cm³/mol. The smallest absolute Gasteiger partial charge is 0.258 e. The highest BCUT2D eigenvalue weighted by Crippen LogP contribution is 2.23. The Morgan fingerprint density at radius 3 is 3.20 bits per heavy atom. The fourth-order valence-corrected chi connectivity index (χ4v) is 2.35. The van der Waals surface area contributed by atoms with Crippen molar-refractivity contribution in [2.75, 3.05) is 13.2 Å². The highest BCUT2D eigenvalue weighted by molar-refractivity contribution is 5.56. The van der Waals surface area contributed by atoms with Crippen molar-refractivity contribution in [3.63, 3.8) is 0 Å². The average Bonchev–Trinajstić information content (AvgIpc) is 2.96. The first-order chi connectivity index (χ1) is 9.86. The molecule has 0 bridgehead atoms. The number of hydrogen-bond donors (Lipinski definition) is 1. The molecule has 1 aromatic carbocycles. The van der Waals surface area contributed by atoms with Gasteiger partial charge in [-0.2, -0.15) is 4.98 Å². The summed E-state index contributed by atoms with van der Waals surface area (Å²) in [4.78, 5) is 4.38. The van der Waals surface area contributed by atoms with Crippen molar-refractivity contribution in [3.8, 4) is 11.5 Å². The molecule has 0 amide bonds. The summed E-state index contributed by atoms with van der Waals surface area (Å²) in [5, 5.41) is 7.32. The van der Waals surface area contributed by atoms with Gasteiger partial charge in [0.15, 0.2) is 5.82 Å². The first kappa shape index (κ1) is 13.3. The maximum absolute atomic E-state index is 5.41. The number of aromatic nitrogens is 2. The first-order valence-electron chi connectivity index (χ1n) is 7.10. The van der Waals surface area contributed by atoms with E-state index in [1.165, 1.54) is 11.1 Å². The van der Waals surface area contributed by atoms with Gasteiger partial charge in [-0.05, 0) is 42.6 Å². The van der Waals surface area contributed by atoms with Gasteiger partial charge in [-0.15, -0.1) is 0 Å². The van der Waals surface area contributed by atoms with Crippen LogP contribution in [0.25, 0.3) is 11.5 Å². The summed E-state index contributed by atoms with van der Waals surface area (Å²) < 4.78 is 10.7. The summed E-state index contributed by atoms with van der Waals surface area (Å²) in [5.74, 6) is 1.16. The molecular weight excluding hydrogens is 254 g/mol. The molecule has 2 heterocycles. The monoisotopic (exact) mass is 273 g/mol. The Balaban J connectivity index is 1.75. The molecule has 5 heteroatoms. The van der Waals surface area contributed by atoms with Crippen molar-refractivity contribution < 1.29 is 9.26 Å². The van der Waals surface area contributed by atoms with Gasteiger partial charge >= 0.3 is 0 Å². The molecule has 0 aliphatic carbocycles. The van der Waals surface area contributed by atoms with Crippen molar-refractivity contribution in [1.82, 2.24) is 15.5 Å². The standard InChI is InChI=1S/C15H19N3O2/c1-2-7-19-10-14-17-15(20-18-14)12-4-3-11-5-6-16-9-13(11)8-12/h3-4,8,16H,2,5-7,9-10H2,1H3. The van der Waals surface area contributed by atoms with Crippen LogP contribution in [0.4, 0.5) is 0 Å². The zero-order valence-corrected chi connectivity index (χ0v) is 11.7. The molecule has 0 unspecified atom stereocenters. The van der Waals surface area contributed by atoms with Crippen molar-refractivity contribution in [2.24, 2.45) is 0 Å². The van der Waals surface area contributed by atoms with Crippen molar-refractivity contribution >= 4 is 0 Å². The molecule has 0 saturated heterocycles. The predicted octanol–water partition coefficient (Wildman–Crippen LogP) is 2.31. The van der Waals surface area contributed by atoms with Gasteiger partial charge in [-0.1, -0.05) is 18.1 Å². The van der Waals surface area contributed by atoms with Gasteiger partial charge in [-0.25, -0.2) is 0 Å². The Morgan fingerprint density at radius 2 is 2.30 bits per heavy atom. The van der Waals surface area contributed by atoms with Crippen molar-refractivity contribution in [1.29, 1.82) is 0 Å². The molecule has 5 nitrogen and oxygen atoms in total. The largest absolute Gasteiger partial charge is 0.373 e. The quantitative estimate of drug-likeness (QED) is 0.847. The van der Waals surface area contributed by atoms with Crippen molar-refractivity contribution in [3.05, 3.63) is 35.2 Å². The lowest BCUT2D eigenvalue weighted by Gasteiger charge is -2.16. The van der Waals surface area contributed by atoms with Gasteiger partial charge in [-0.3, -0.25) is 0 Å². The van der Waals surface area contributed by atoms with Gasteiger partial charge < -0.3 is 14.6 Å². The molecule has 1 aromatic heterocycles. The number of hydrogen-bond acceptors (Lipinski definition) is 5. The van der Waals surface area contributed by atoms with Gasteiger partial charge in [0.1, 0.15) is 6.61 Å². The van der Waals surface area contributed by atoms with E-state index in [0.717, 1.165) is 31.5 Å². The third-order valence-corrected chi connectivity index (χ3v) is 3.39. The van der Waals surface area contributed by atoms with Gasteiger partial charge in [0.25, 0.3) is 5.89 Å². The van der Waals surface area contributed by atoms with Gasteiger partial charge in [0.05, 0.1) is 0 Å². The van der Waals surface area contributed by atoms with Crippen LogP contribution in [0, 0.1) is 0 Å². The van der Waals surface area contributed by atoms with Crippen LogP contribution in [0.1, 0.15) is 30.3 Å². The Labute approximate surface area is 118 Å². The van der Waals surface area contributed by atoms with E-state index in [9.17, 15) is 0 Å². The molecule has 1 aliphatic heterocycles. The van der Waals surface area contributed by atoms with Crippen LogP contribution in [0.5, 0.6) is 0 Å². The second-order valence-corrected chi connectivity index (χ2v) is 4.98. The third-order valence-electron chi connectivity index (χ3n) is 3.39. The molecule has 0 fully saturated rings. The van der Waals surface area contributed by atoms with Crippen LogP contribution >= 0.6 is 0 Å². The highest BCUT2D eigenvalue weighted by atomic mass is 16.5. The molecule has 0 atom stereocenters. The summed E-state index contributed by atoms with van der Waals surface area (Å²) >= 11 is 0. The maximum Gasteiger partial charge on any atom is 0.258 e. The normalized spacial score (nSPS) is 14.2. The zero-order chi connectivity index (χ0) is 13.8. The second-order valence-electron chi connectivity index (χ2n) is 4.98. The topological polar surface area (TPSA) is 60.2 Å². The van der Waals surface area contributed by atoms with Crippen LogP contribution in [0.3, 0.4) is 0 Å². The van der Waals surface area contributed by atoms with E-state index in [-0.39, 0.29) is 0 Å². The molecule has 3 rings (SSSR count). The van der Waals surface area contributed by atoms with E-state index in [2.05, 4.69) is 34.5 Å². The summed E-state index contributed by atoms with van der Waals surface area (Å²) in [6, 6.07) is 6.34. The minimum absolute atomic E-state index is 0.407. The maximum atomic E-state index is 5.41. The van der Waals surface area contributed by atoms with E-state index in [4.69, 9.17) is 9.26 Å². The summed E-state index contributed by atoms with van der Waals surface area (Å²) in [6.45, 7) is 5.15. The fraction of sp³-hybridized carbons (Fsp3) is 0.467. The minimum Gasteiger partial charge on any atom is -0.373 e. The first-order valence-corrected chi connectivity index (χ1v) is 7.10. The molecular formula is C15H19N3O2. The average molecular weight is 273 g/mol. The number of rotatable bonds is 5. The van der Waals surface area contributed by atoms with E-state index in [0.29, 0.717) is 24.9 Å². The lowest BCUT2D eigenvalue weighted by atomic mass is 9.98. The van der Waals surface area contributed by atoms with Crippen LogP contribution in [-0.4, -0.2) is 23.3 Å². The van der Waals surface area contributed by atoms with Crippen LogP contribution in [-0.2, 0) is 24.3 Å². The number of benzene rings is 1. The summed E-state index contributed by atoms with van der Waals surface area (Å²) in [5.41, 5.74) is 3.69. The van der Waals surface area contributed by atoms with Crippen LogP contribution < -0.4 is 5.32 Å². The lowest BCUT2D eigenvalue weighted by Crippen LogP contribution is -2.23. The SMILES string of the molecule is CCCOCc1noc(-c2ccc3c(c2)CNCC3)n1. The Hall–Kier alpha value is -1.72. The zero-order valence-electron chi connectivity index (χ0n) is 11.7. The fourth-order valence-electron chi connectivity index (χ4n) is 2.35. The van der Waals surface area contributed by atoms with E-state index < -0.39 is 0 Å². The minimum atomic E-state index is 0.407. The Bertz CT molecular complexity index is 580. The molecule has 0 radical (unpaired) electrons. The van der Waals surface area contributed by atoms with Crippen molar-refractivity contribution in [2.45, 2.75) is 32.9 Å². The number of nitrogens with one attached hydrogen (secondary N) is 1. The Kier molecular flexibility index (Phi) is 4.08. The van der Waals surface area contributed by atoms with Gasteiger partial charge in [0.2, 0.25) is 0 Å².